The van der Waals surface area contributed by atoms with E-state index in [-0.39, 0.29) is 19.1 Å². The molecule has 0 bridgehead atoms. The Morgan fingerprint density at radius 1 is 1.09 bits per heavy atom. The Kier molecular flexibility index (Phi) is 2.52. The minimum absolute atomic E-state index is 0.237. The first-order chi connectivity index (χ1) is 5.15. The van der Waals surface area contributed by atoms with E-state index in [1.165, 1.54) is 0 Å². The lowest BCUT2D eigenvalue weighted by atomic mass is 9.86. The maximum Gasteiger partial charge on any atom is 0.128 e. The third kappa shape index (κ3) is 1.73. The van der Waals surface area contributed by atoms with Gasteiger partial charge in [-0.25, -0.2) is 13.2 Å². The van der Waals surface area contributed by atoms with E-state index < -0.39 is 24.4 Å². The normalized spacial score (nSPS) is 45.4. The quantitative estimate of drug-likeness (QED) is 0.541. The first-order valence-electron chi connectivity index (χ1n) is 3.52. The Balaban J connectivity index is 2.58. The molecular formula is C7H9F3O. The van der Waals surface area contributed by atoms with Crippen molar-refractivity contribution in [2.45, 2.75) is 31.4 Å². The molecule has 0 heterocycles. The molecule has 0 N–H and O–H groups in total. The summed E-state index contributed by atoms with van der Waals surface area (Å²) in [5, 5.41) is 0. The second kappa shape index (κ2) is 3.24. The van der Waals surface area contributed by atoms with E-state index in [0.29, 0.717) is 0 Å². The maximum atomic E-state index is 12.6. The van der Waals surface area contributed by atoms with E-state index in [1.54, 1.807) is 0 Å². The Labute approximate surface area is 62.6 Å². The minimum Gasteiger partial charge on any atom is -0.303 e. The monoisotopic (exact) mass is 166 g/mol. The highest BCUT2D eigenvalue weighted by Crippen LogP contribution is 2.30. The lowest BCUT2D eigenvalue weighted by Crippen LogP contribution is -2.37. The molecule has 0 spiro atoms. The van der Waals surface area contributed by atoms with Crippen LogP contribution in [0.4, 0.5) is 13.2 Å². The fourth-order valence-corrected chi connectivity index (χ4v) is 1.30. The van der Waals surface area contributed by atoms with E-state index in [0.717, 1.165) is 0 Å². The fourth-order valence-electron chi connectivity index (χ4n) is 1.30. The molecule has 0 aromatic heterocycles. The number of carbonyl (C=O) groups excluding carboxylic acids is 1. The zero-order chi connectivity index (χ0) is 8.43. The molecule has 2 atom stereocenters. The van der Waals surface area contributed by atoms with Gasteiger partial charge < -0.3 is 4.79 Å². The third-order valence-electron chi connectivity index (χ3n) is 1.95. The van der Waals surface area contributed by atoms with E-state index in [1.807, 2.05) is 0 Å². The summed E-state index contributed by atoms with van der Waals surface area (Å²) in [5.41, 5.74) is 0. The van der Waals surface area contributed by atoms with Gasteiger partial charge in [0.25, 0.3) is 0 Å². The number of hydrogen-bond donors (Lipinski definition) is 0. The van der Waals surface area contributed by atoms with Crippen molar-refractivity contribution >= 4 is 6.29 Å². The molecule has 1 fully saturated rings. The van der Waals surface area contributed by atoms with Gasteiger partial charge in [-0.15, -0.1) is 0 Å². The van der Waals surface area contributed by atoms with Crippen molar-refractivity contribution in [3.05, 3.63) is 0 Å². The molecule has 11 heavy (non-hydrogen) atoms. The van der Waals surface area contributed by atoms with Gasteiger partial charge in [0, 0.05) is 12.8 Å². The summed E-state index contributed by atoms with van der Waals surface area (Å²) >= 11 is 0. The first kappa shape index (κ1) is 8.56. The van der Waals surface area contributed by atoms with Gasteiger partial charge in [0.15, 0.2) is 0 Å². The van der Waals surface area contributed by atoms with E-state index in [2.05, 4.69) is 0 Å². The second-order valence-corrected chi connectivity index (χ2v) is 2.81. The van der Waals surface area contributed by atoms with Crippen molar-refractivity contribution < 1.29 is 18.0 Å². The zero-order valence-electron chi connectivity index (χ0n) is 5.84. The molecule has 4 heteroatoms. The average Bonchev–Trinajstić information content (AvgIpc) is 1.85. The Morgan fingerprint density at radius 2 is 1.55 bits per heavy atom. The summed E-state index contributed by atoms with van der Waals surface area (Å²) in [7, 11) is 0. The first-order valence-corrected chi connectivity index (χ1v) is 3.52. The van der Waals surface area contributed by atoms with Crippen LogP contribution in [0.3, 0.4) is 0 Å². The van der Waals surface area contributed by atoms with Gasteiger partial charge in [-0.1, -0.05) is 0 Å². The van der Waals surface area contributed by atoms with Gasteiger partial charge in [-0.2, -0.15) is 0 Å². The van der Waals surface area contributed by atoms with Gasteiger partial charge >= 0.3 is 0 Å². The number of carbonyl (C=O) groups is 1. The van der Waals surface area contributed by atoms with Crippen molar-refractivity contribution in [3.8, 4) is 0 Å². The predicted octanol–water partition coefficient (Wildman–Crippen LogP) is 1.61. The maximum absolute atomic E-state index is 12.6. The van der Waals surface area contributed by atoms with Crippen molar-refractivity contribution in [2.24, 2.45) is 5.92 Å². The Bertz CT molecular complexity index is 139. The summed E-state index contributed by atoms with van der Waals surface area (Å²) in [4.78, 5) is 10.1. The highest BCUT2D eigenvalue weighted by Gasteiger charge is 2.38. The van der Waals surface area contributed by atoms with Crippen LogP contribution in [0.5, 0.6) is 0 Å². The summed E-state index contributed by atoms with van der Waals surface area (Å²) in [6.45, 7) is 0. The van der Waals surface area contributed by atoms with Crippen LogP contribution in [0, 0.1) is 5.92 Å². The van der Waals surface area contributed by atoms with Crippen molar-refractivity contribution in [2.75, 3.05) is 0 Å². The number of halogens is 3. The van der Waals surface area contributed by atoms with Gasteiger partial charge in [-0.3, -0.25) is 0 Å². The number of alkyl halides is 3. The molecule has 1 aliphatic rings. The zero-order valence-corrected chi connectivity index (χ0v) is 5.84. The van der Waals surface area contributed by atoms with Crippen LogP contribution in [-0.2, 0) is 4.79 Å². The van der Waals surface area contributed by atoms with Crippen LogP contribution in [0.1, 0.15) is 12.8 Å². The standard InChI is InChI=1S/C7H9F3O/c8-4-1-6(9)5(3-11)7(10)2-4/h3-7H,1-2H2. The smallest absolute Gasteiger partial charge is 0.128 e. The van der Waals surface area contributed by atoms with Crippen molar-refractivity contribution in [1.82, 2.24) is 0 Å². The second-order valence-electron chi connectivity index (χ2n) is 2.81. The molecule has 1 rings (SSSR count). The van der Waals surface area contributed by atoms with Gasteiger partial charge in [0.05, 0.1) is 5.92 Å². The highest BCUT2D eigenvalue weighted by molar-refractivity contribution is 5.55. The Hall–Kier alpha value is -0.540. The van der Waals surface area contributed by atoms with Crippen molar-refractivity contribution in [3.63, 3.8) is 0 Å². The van der Waals surface area contributed by atoms with E-state index >= 15 is 0 Å². The van der Waals surface area contributed by atoms with Crippen LogP contribution in [0.2, 0.25) is 0 Å². The fraction of sp³-hybridized carbons (Fsp3) is 0.857. The van der Waals surface area contributed by atoms with Crippen LogP contribution in [0.25, 0.3) is 0 Å². The molecule has 0 saturated heterocycles. The SMILES string of the molecule is O=CC1C(F)CC(F)CC1F. The number of rotatable bonds is 1. The molecule has 0 aromatic rings. The summed E-state index contributed by atoms with van der Waals surface area (Å²) in [5.74, 6) is -1.25. The van der Waals surface area contributed by atoms with Crippen LogP contribution < -0.4 is 0 Å². The molecule has 1 saturated carbocycles. The van der Waals surface area contributed by atoms with Crippen molar-refractivity contribution in [1.29, 1.82) is 0 Å². The predicted molar refractivity (Wildman–Crippen MR) is 33.5 cm³/mol. The number of aldehydes is 1. The summed E-state index contributed by atoms with van der Waals surface area (Å²) in [6, 6.07) is 0. The van der Waals surface area contributed by atoms with Crippen LogP contribution in [0.15, 0.2) is 0 Å². The van der Waals surface area contributed by atoms with Gasteiger partial charge in [-0.05, 0) is 0 Å². The number of hydrogen-bond acceptors (Lipinski definition) is 1. The lowest BCUT2D eigenvalue weighted by Gasteiger charge is -2.27. The Morgan fingerprint density at radius 3 is 1.91 bits per heavy atom. The van der Waals surface area contributed by atoms with Gasteiger partial charge in [0.2, 0.25) is 0 Å². The third-order valence-corrected chi connectivity index (χ3v) is 1.95. The topological polar surface area (TPSA) is 17.1 Å². The van der Waals surface area contributed by atoms with E-state index in [4.69, 9.17) is 0 Å². The molecule has 1 aliphatic carbocycles. The molecule has 0 radical (unpaired) electrons. The molecule has 0 aromatic carbocycles. The highest BCUT2D eigenvalue weighted by atomic mass is 19.2. The lowest BCUT2D eigenvalue weighted by molar-refractivity contribution is -0.117. The average molecular weight is 166 g/mol. The summed E-state index contributed by atoms with van der Waals surface area (Å²) in [6.07, 6.45) is -5.18. The summed E-state index contributed by atoms with van der Waals surface area (Å²) < 4.78 is 37.7. The van der Waals surface area contributed by atoms with Crippen LogP contribution >= 0.6 is 0 Å². The largest absolute Gasteiger partial charge is 0.303 e. The van der Waals surface area contributed by atoms with Gasteiger partial charge in [0.1, 0.15) is 24.8 Å². The molecule has 1 nitrogen and oxygen atoms in total. The van der Waals surface area contributed by atoms with Crippen LogP contribution in [-0.4, -0.2) is 24.8 Å². The molecule has 2 unspecified atom stereocenters. The molecular weight excluding hydrogens is 157 g/mol. The molecule has 0 aliphatic heterocycles. The van der Waals surface area contributed by atoms with E-state index in [9.17, 15) is 18.0 Å². The minimum atomic E-state index is -1.65. The molecule has 0 amide bonds. The molecule has 64 valence electrons.